The van der Waals surface area contributed by atoms with E-state index in [0.717, 1.165) is 17.2 Å². The Labute approximate surface area is 93.8 Å². The summed E-state index contributed by atoms with van der Waals surface area (Å²) in [5.74, 6) is 1.29. The van der Waals surface area contributed by atoms with Crippen LogP contribution in [0.15, 0.2) is 30.6 Å². The van der Waals surface area contributed by atoms with Crippen molar-refractivity contribution < 1.29 is 0 Å². The molecule has 0 atom stereocenters. The molecule has 0 amide bonds. The first kappa shape index (κ1) is 10.4. The topological polar surface area (TPSA) is 76.7 Å². The molecule has 3 N–H and O–H groups in total. The van der Waals surface area contributed by atoms with Crippen molar-refractivity contribution in [3.8, 4) is 0 Å². The maximum absolute atomic E-state index is 5.49. The Hall–Kier alpha value is -2.17. The van der Waals surface area contributed by atoms with Gasteiger partial charge >= 0.3 is 0 Å². The number of hydrogen-bond donors (Lipinski definition) is 2. The fourth-order valence-electron chi connectivity index (χ4n) is 1.31. The molecular formula is C11H13N5. The smallest absolute Gasteiger partial charge is 0.125 e. The Bertz CT molecular complexity index is 466. The minimum absolute atomic E-state index is 0.517. The predicted octanol–water partition coefficient (Wildman–Crippen LogP) is 1.37. The average Bonchev–Trinajstić information content (AvgIpc) is 2.28. The van der Waals surface area contributed by atoms with Gasteiger partial charge in [0, 0.05) is 6.20 Å². The van der Waals surface area contributed by atoms with Crippen LogP contribution in [-0.4, -0.2) is 15.0 Å². The first-order valence-corrected chi connectivity index (χ1v) is 4.98. The summed E-state index contributed by atoms with van der Waals surface area (Å²) in [6.07, 6.45) is 3.45. The Morgan fingerprint density at radius 2 is 2.12 bits per heavy atom. The molecule has 0 saturated carbocycles. The fraction of sp³-hybridized carbons (Fsp3) is 0.182. The first-order valence-electron chi connectivity index (χ1n) is 4.98. The number of aryl methyl sites for hydroxylation is 1. The minimum atomic E-state index is 0.517. The van der Waals surface area contributed by atoms with E-state index in [2.05, 4.69) is 20.3 Å². The lowest BCUT2D eigenvalue weighted by Crippen LogP contribution is -2.03. The van der Waals surface area contributed by atoms with E-state index in [0.29, 0.717) is 12.4 Å². The highest BCUT2D eigenvalue weighted by Crippen LogP contribution is 2.08. The number of anilines is 2. The highest BCUT2D eigenvalue weighted by atomic mass is 14.9. The van der Waals surface area contributed by atoms with Crippen molar-refractivity contribution in [2.24, 2.45) is 0 Å². The number of nitrogen functional groups attached to an aromatic ring is 1. The van der Waals surface area contributed by atoms with Gasteiger partial charge in [-0.25, -0.2) is 15.0 Å². The molecule has 0 aromatic carbocycles. The van der Waals surface area contributed by atoms with Gasteiger partial charge in [0.1, 0.15) is 11.6 Å². The molecule has 0 fully saturated rings. The summed E-state index contributed by atoms with van der Waals surface area (Å²) >= 11 is 0. The zero-order chi connectivity index (χ0) is 11.4. The molecule has 0 saturated heterocycles. The van der Waals surface area contributed by atoms with Crippen molar-refractivity contribution in [2.45, 2.75) is 13.5 Å². The second-order valence-electron chi connectivity index (χ2n) is 3.42. The van der Waals surface area contributed by atoms with Gasteiger partial charge < -0.3 is 11.1 Å². The molecule has 0 spiro atoms. The van der Waals surface area contributed by atoms with Crippen molar-refractivity contribution in [3.05, 3.63) is 42.1 Å². The molecule has 0 unspecified atom stereocenters. The highest BCUT2D eigenvalue weighted by Gasteiger charge is 1.96. The zero-order valence-corrected chi connectivity index (χ0v) is 9.01. The van der Waals surface area contributed by atoms with E-state index in [-0.39, 0.29) is 0 Å². The van der Waals surface area contributed by atoms with Crippen LogP contribution in [0.25, 0.3) is 0 Å². The van der Waals surface area contributed by atoms with Gasteiger partial charge in [0.25, 0.3) is 0 Å². The van der Waals surface area contributed by atoms with Crippen molar-refractivity contribution >= 4 is 11.5 Å². The Kier molecular flexibility index (Phi) is 2.95. The number of pyridine rings is 1. The maximum Gasteiger partial charge on any atom is 0.125 e. The quantitative estimate of drug-likeness (QED) is 0.808. The standard InChI is InChI=1S/C11H13N5/c1-8-13-5-4-10(16-8)7-14-9-2-3-11(12)15-6-9/h2-6,14H,7H2,1H3,(H2,12,15). The molecule has 0 aliphatic carbocycles. The SMILES string of the molecule is Cc1nccc(CNc2ccc(N)nc2)n1. The van der Waals surface area contributed by atoms with Gasteiger partial charge in [-0.2, -0.15) is 0 Å². The molecule has 0 bridgehead atoms. The third-order valence-corrected chi connectivity index (χ3v) is 2.09. The van der Waals surface area contributed by atoms with E-state index in [1.807, 2.05) is 19.1 Å². The van der Waals surface area contributed by atoms with E-state index in [1.165, 1.54) is 0 Å². The monoisotopic (exact) mass is 215 g/mol. The highest BCUT2D eigenvalue weighted by molar-refractivity contribution is 5.45. The van der Waals surface area contributed by atoms with Gasteiger partial charge in [-0.15, -0.1) is 0 Å². The van der Waals surface area contributed by atoms with E-state index >= 15 is 0 Å². The molecule has 2 aromatic heterocycles. The van der Waals surface area contributed by atoms with Crippen LogP contribution in [0.5, 0.6) is 0 Å². The van der Waals surface area contributed by atoms with Crippen LogP contribution in [0.4, 0.5) is 11.5 Å². The number of rotatable bonds is 3. The number of nitrogens with two attached hydrogens (primary N) is 1. The predicted molar refractivity (Wildman–Crippen MR) is 62.7 cm³/mol. The van der Waals surface area contributed by atoms with Crippen LogP contribution in [0.1, 0.15) is 11.5 Å². The molecule has 2 heterocycles. The summed E-state index contributed by atoms with van der Waals surface area (Å²) < 4.78 is 0. The summed E-state index contributed by atoms with van der Waals surface area (Å²) in [6.45, 7) is 2.52. The second-order valence-corrected chi connectivity index (χ2v) is 3.42. The average molecular weight is 215 g/mol. The Morgan fingerprint density at radius 3 is 2.81 bits per heavy atom. The van der Waals surface area contributed by atoms with Crippen molar-refractivity contribution in [3.63, 3.8) is 0 Å². The van der Waals surface area contributed by atoms with Gasteiger partial charge in [0.05, 0.1) is 24.1 Å². The Balaban J connectivity index is 1.99. The van der Waals surface area contributed by atoms with Crippen LogP contribution in [-0.2, 0) is 6.54 Å². The van der Waals surface area contributed by atoms with Crippen molar-refractivity contribution in [2.75, 3.05) is 11.1 Å². The molecule has 82 valence electrons. The van der Waals surface area contributed by atoms with Gasteiger partial charge in [0.15, 0.2) is 0 Å². The van der Waals surface area contributed by atoms with Crippen LogP contribution >= 0.6 is 0 Å². The van der Waals surface area contributed by atoms with E-state index in [9.17, 15) is 0 Å². The van der Waals surface area contributed by atoms with Crippen molar-refractivity contribution in [1.29, 1.82) is 0 Å². The number of hydrogen-bond acceptors (Lipinski definition) is 5. The first-order chi connectivity index (χ1) is 7.74. The molecule has 5 heteroatoms. The van der Waals surface area contributed by atoms with Crippen LogP contribution in [0.3, 0.4) is 0 Å². The molecule has 16 heavy (non-hydrogen) atoms. The summed E-state index contributed by atoms with van der Waals surface area (Å²) in [4.78, 5) is 12.3. The zero-order valence-electron chi connectivity index (χ0n) is 9.01. The molecule has 2 aromatic rings. The lowest BCUT2D eigenvalue weighted by Gasteiger charge is -2.05. The molecule has 5 nitrogen and oxygen atoms in total. The van der Waals surface area contributed by atoms with E-state index in [4.69, 9.17) is 5.73 Å². The van der Waals surface area contributed by atoms with Gasteiger partial charge in [0.2, 0.25) is 0 Å². The minimum Gasteiger partial charge on any atom is -0.384 e. The van der Waals surface area contributed by atoms with Gasteiger partial charge in [-0.3, -0.25) is 0 Å². The third kappa shape index (κ3) is 2.66. The fourth-order valence-corrected chi connectivity index (χ4v) is 1.31. The van der Waals surface area contributed by atoms with Crippen LogP contribution in [0.2, 0.25) is 0 Å². The largest absolute Gasteiger partial charge is 0.384 e. The third-order valence-electron chi connectivity index (χ3n) is 2.09. The van der Waals surface area contributed by atoms with E-state index < -0.39 is 0 Å². The normalized spacial score (nSPS) is 10.1. The number of nitrogens with one attached hydrogen (secondary N) is 1. The maximum atomic E-state index is 5.49. The molecular weight excluding hydrogens is 202 g/mol. The molecule has 0 aliphatic heterocycles. The Morgan fingerprint density at radius 1 is 1.25 bits per heavy atom. The molecule has 0 radical (unpaired) electrons. The van der Waals surface area contributed by atoms with Crippen LogP contribution < -0.4 is 11.1 Å². The second kappa shape index (κ2) is 4.57. The number of aromatic nitrogens is 3. The summed E-state index contributed by atoms with van der Waals surface area (Å²) in [5.41, 5.74) is 7.36. The lowest BCUT2D eigenvalue weighted by molar-refractivity contribution is 0.954. The van der Waals surface area contributed by atoms with Crippen LogP contribution in [0, 0.1) is 6.92 Å². The van der Waals surface area contributed by atoms with Gasteiger partial charge in [-0.05, 0) is 25.1 Å². The van der Waals surface area contributed by atoms with E-state index in [1.54, 1.807) is 18.5 Å². The summed E-state index contributed by atoms with van der Waals surface area (Å²) in [6, 6.07) is 5.52. The van der Waals surface area contributed by atoms with Crippen molar-refractivity contribution in [1.82, 2.24) is 15.0 Å². The number of nitrogens with zero attached hydrogens (tertiary/aromatic N) is 3. The van der Waals surface area contributed by atoms with Gasteiger partial charge in [-0.1, -0.05) is 0 Å². The summed E-state index contributed by atoms with van der Waals surface area (Å²) in [5, 5.41) is 3.21. The molecule has 2 rings (SSSR count). The molecule has 0 aliphatic rings. The summed E-state index contributed by atoms with van der Waals surface area (Å²) in [7, 11) is 0. The lowest BCUT2D eigenvalue weighted by atomic mass is 10.3.